The number of amides is 1. The average molecular weight is 431 g/mol. The predicted molar refractivity (Wildman–Crippen MR) is 113 cm³/mol. The fraction of sp³-hybridized carbons (Fsp3) is 0.286. The van der Waals surface area contributed by atoms with E-state index in [1.807, 2.05) is 12.1 Å². The lowest BCUT2D eigenvalue weighted by Gasteiger charge is -2.23. The molecule has 0 radical (unpaired) electrons. The zero-order chi connectivity index (χ0) is 20.4. The van der Waals surface area contributed by atoms with Crippen molar-refractivity contribution in [2.45, 2.75) is 18.9 Å². The first-order chi connectivity index (χ1) is 14.1. The molecule has 0 bridgehead atoms. The Morgan fingerprint density at radius 3 is 2.79 bits per heavy atom. The summed E-state index contributed by atoms with van der Waals surface area (Å²) in [5, 5.41) is 1.16. The SMILES string of the molecule is COC(=O)c1ccccc1C(=O)N(CC1CCCO1)c1nc2ccc(Cl)cc2s1. The molecule has 1 aromatic heterocycles. The molecule has 6 nitrogen and oxygen atoms in total. The van der Waals surface area contributed by atoms with Crippen molar-refractivity contribution < 1.29 is 19.1 Å². The molecule has 1 aliphatic heterocycles. The van der Waals surface area contributed by atoms with Crippen LogP contribution in [0.4, 0.5) is 5.13 Å². The molecule has 0 N–H and O–H groups in total. The first-order valence-corrected chi connectivity index (χ1v) is 10.4. The number of hydrogen-bond donors (Lipinski definition) is 0. The summed E-state index contributed by atoms with van der Waals surface area (Å²) in [6.45, 7) is 1.04. The van der Waals surface area contributed by atoms with Crippen LogP contribution < -0.4 is 4.90 Å². The molecule has 8 heteroatoms. The van der Waals surface area contributed by atoms with Gasteiger partial charge < -0.3 is 9.47 Å². The van der Waals surface area contributed by atoms with Gasteiger partial charge in [-0.25, -0.2) is 9.78 Å². The molecule has 29 heavy (non-hydrogen) atoms. The van der Waals surface area contributed by atoms with E-state index in [9.17, 15) is 9.59 Å². The summed E-state index contributed by atoms with van der Waals surface area (Å²) >= 11 is 7.49. The fourth-order valence-corrected chi connectivity index (χ4v) is 4.59. The monoisotopic (exact) mass is 430 g/mol. The standard InChI is InChI=1S/C21H19ClN2O4S/c1-27-20(26)16-7-3-2-6-15(16)19(25)24(12-14-5-4-10-28-14)21-23-17-9-8-13(22)11-18(17)29-21/h2-3,6-9,11,14H,4-5,10,12H2,1H3. The summed E-state index contributed by atoms with van der Waals surface area (Å²) in [5.74, 6) is -0.867. The van der Waals surface area contributed by atoms with E-state index in [4.69, 9.17) is 21.1 Å². The van der Waals surface area contributed by atoms with Gasteiger partial charge in [0.2, 0.25) is 0 Å². The minimum absolute atomic E-state index is 0.0696. The molecule has 0 spiro atoms. The molecule has 1 aliphatic rings. The highest BCUT2D eigenvalue weighted by Gasteiger charge is 2.29. The van der Waals surface area contributed by atoms with Crippen LogP contribution in [0.3, 0.4) is 0 Å². The molecule has 4 rings (SSSR count). The second-order valence-electron chi connectivity index (χ2n) is 6.70. The lowest BCUT2D eigenvalue weighted by Crippen LogP contribution is -2.38. The molecule has 1 saturated heterocycles. The summed E-state index contributed by atoms with van der Waals surface area (Å²) < 4.78 is 11.5. The molecule has 150 valence electrons. The number of carbonyl (C=O) groups excluding carboxylic acids is 2. The predicted octanol–water partition coefficient (Wildman–Crippen LogP) is 4.56. The van der Waals surface area contributed by atoms with Crippen molar-refractivity contribution in [2.24, 2.45) is 0 Å². The van der Waals surface area contributed by atoms with Crippen LogP contribution in [0.15, 0.2) is 42.5 Å². The summed E-state index contributed by atoms with van der Waals surface area (Å²) in [4.78, 5) is 31.9. The molecular weight excluding hydrogens is 412 g/mol. The fourth-order valence-electron chi connectivity index (χ4n) is 3.34. The largest absolute Gasteiger partial charge is 0.465 e. The molecule has 1 atom stereocenters. The smallest absolute Gasteiger partial charge is 0.338 e. The maximum Gasteiger partial charge on any atom is 0.338 e. The second kappa shape index (κ2) is 8.49. The van der Waals surface area contributed by atoms with Gasteiger partial charge in [-0.05, 0) is 43.2 Å². The van der Waals surface area contributed by atoms with E-state index in [1.54, 1.807) is 35.2 Å². The molecule has 2 aromatic carbocycles. The van der Waals surface area contributed by atoms with Crippen molar-refractivity contribution in [1.29, 1.82) is 0 Å². The molecule has 0 saturated carbocycles. The quantitative estimate of drug-likeness (QED) is 0.555. The highest BCUT2D eigenvalue weighted by Crippen LogP contribution is 2.32. The van der Waals surface area contributed by atoms with Crippen LogP contribution in [0.1, 0.15) is 33.6 Å². The van der Waals surface area contributed by atoms with Crippen molar-refractivity contribution in [3.8, 4) is 0 Å². The second-order valence-corrected chi connectivity index (χ2v) is 8.14. The van der Waals surface area contributed by atoms with Crippen molar-refractivity contribution in [3.63, 3.8) is 0 Å². The number of esters is 1. The minimum atomic E-state index is -0.554. The molecule has 0 aliphatic carbocycles. The number of rotatable bonds is 5. The summed E-state index contributed by atoms with van der Waals surface area (Å²) in [6.07, 6.45) is 1.76. The molecule has 1 amide bonds. The van der Waals surface area contributed by atoms with Crippen LogP contribution in [0.25, 0.3) is 10.2 Å². The summed E-state index contributed by atoms with van der Waals surface area (Å²) in [6, 6.07) is 12.1. The average Bonchev–Trinajstić information content (AvgIpc) is 3.40. The molecular formula is C21H19ClN2O4S. The van der Waals surface area contributed by atoms with Crippen LogP contribution >= 0.6 is 22.9 Å². The van der Waals surface area contributed by atoms with E-state index in [0.717, 1.165) is 23.1 Å². The summed E-state index contributed by atoms with van der Waals surface area (Å²) in [5.41, 5.74) is 1.26. The Hall–Kier alpha value is -2.48. The number of thiazole rings is 1. The number of fused-ring (bicyclic) bond motifs is 1. The third-order valence-corrected chi connectivity index (χ3v) is 6.06. The number of hydrogen-bond acceptors (Lipinski definition) is 6. The van der Waals surface area contributed by atoms with Gasteiger partial charge in [0.15, 0.2) is 5.13 Å². The van der Waals surface area contributed by atoms with Crippen LogP contribution in [0.5, 0.6) is 0 Å². The van der Waals surface area contributed by atoms with E-state index < -0.39 is 5.97 Å². The van der Waals surface area contributed by atoms with Crippen LogP contribution in [-0.2, 0) is 9.47 Å². The van der Waals surface area contributed by atoms with Gasteiger partial charge in [0.05, 0.1) is 41.1 Å². The van der Waals surface area contributed by atoms with Gasteiger partial charge in [-0.2, -0.15) is 0 Å². The van der Waals surface area contributed by atoms with Crippen molar-refractivity contribution in [3.05, 3.63) is 58.6 Å². The maximum atomic E-state index is 13.5. The molecule has 2 heterocycles. The Morgan fingerprint density at radius 1 is 1.28 bits per heavy atom. The van der Waals surface area contributed by atoms with E-state index in [0.29, 0.717) is 23.3 Å². The van der Waals surface area contributed by atoms with E-state index in [2.05, 4.69) is 4.98 Å². The van der Waals surface area contributed by atoms with Gasteiger partial charge in [0, 0.05) is 11.6 Å². The van der Waals surface area contributed by atoms with Crippen LogP contribution in [-0.4, -0.2) is 43.2 Å². The van der Waals surface area contributed by atoms with E-state index in [1.165, 1.54) is 18.4 Å². The Labute approximate surface area is 177 Å². The Kier molecular flexibility index (Phi) is 5.80. The normalized spacial score (nSPS) is 16.1. The Morgan fingerprint density at radius 2 is 2.07 bits per heavy atom. The van der Waals surface area contributed by atoms with E-state index in [-0.39, 0.29) is 23.1 Å². The first kappa shape index (κ1) is 19.8. The number of nitrogens with zero attached hydrogens (tertiary/aromatic N) is 2. The lowest BCUT2D eigenvalue weighted by atomic mass is 10.1. The Balaban J connectivity index is 1.75. The van der Waals surface area contributed by atoms with Crippen molar-refractivity contribution in [2.75, 3.05) is 25.2 Å². The minimum Gasteiger partial charge on any atom is -0.465 e. The number of methoxy groups -OCH3 is 1. The zero-order valence-electron chi connectivity index (χ0n) is 15.8. The lowest BCUT2D eigenvalue weighted by molar-refractivity contribution is 0.0596. The van der Waals surface area contributed by atoms with E-state index >= 15 is 0 Å². The molecule has 1 fully saturated rings. The third-order valence-electron chi connectivity index (χ3n) is 4.79. The number of halogens is 1. The summed E-state index contributed by atoms with van der Waals surface area (Å²) in [7, 11) is 1.30. The van der Waals surface area contributed by atoms with Crippen molar-refractivity contribution in [1.82, 2.24) is 4.98 Å². The number of anilines is 1. The number of aromatic nitrogens is 1. The van der Waals surface area contributed by atoms with Gasteiger partial charge in [-0.15, -0.1) is 0 Å². The highest BCUT2D eigenvalue weighted by atomic mass is 35.5. The maximum absolute atomic E-state index is 13.5. The van der Waals surface area contributed by atoms with Gasteiger partial charge in [0.1, 0.15) is 0 Å². The van der Waals surface area contributed by atoms with Crippen LogP contribution in [0, 0.1) is 0 Å². The molecule has 1 unspecified atom stereocenters. The first-order valence-electron chi connectivity index (χ1n) is 9.23. The number of benzene rings is 2. The van der Waals surface area contributed by atoms with Gasteiger partial charge in [0.25, 0.3) is 5.91 Å². The van der Waals surface area contributed by atoms with Gasteiger partial charge >= 0.3 is 5.97 Å². The topological polar surface area (TPSA) is 68.7 Å². The van der Waals surface area contributed by atoms with Gasteiger partial charge in [-0.3, -0.25) is 9.69 Å². The zero-order valence-corrected chi connectivity index (χ0v) is 17.3. The van der Waals surface area contributed by atoms with Crippen molar-refractivity contribution >= 4 is 50.2 Å². The third kappa shape index (κ3) is 4.12. The van der Waals surface area contributed by atoms with Crippen LogP contribution in [0.2, 0.25) is 5.02 Å². The highest BCUT2D eigenvalue weighted by molar-refractivity contribution is 7.22. The Bertz CT molecular complexity index is 1060. The number of ether oxygens (including phenoxy) is 2. The molecule has 3 aromatic rings. The number of carbonyl (C=O) groups is 2. The van der Waals surface area contributed by atoms with Gasteiger partial charge in [-0.1, -0.05) is 35.1 Å².